The van der Waals surface area contributed by atoms with Crippen LogP contribution < -0.4 is 10.6 Å². The van der Waals surface area contributed by atoms with E-state index in [0.29, 0.717) is 12.0 Å². The lowest BCUT2D eigenvalue weighted by atomic mass is 9.97. The van der Waals surface area contributed by atoms with Crippen molar-refractivity contribution in [3.63, 3.8) is 0 Å². The Morgan fingerprint density at radius 1 is 1.20 bits per heavy atom. The van der Waals surface area contributed by atoms with Crippen molar-refractivity contribution in [2.24, 2.45) is 10.9 Å². The van der Waals surface area contributed by atoms with Crippen LogP contribution in [0.4, 0.5) is 0 Å². The highest BCUT2D eigenvalue weighted by Crippen LogP contribution is 2.21. The lowest BCUT2D eigenvalue weighted by molar-refractivity contribution is 0.0277. The van der Waals surface area contributed by atoms with Crippen molar-refractivity contribution in [2.75, 3.05) is 39.3 Å². The number of nitrogens with one attached hydrogen (secondary N) is 2. The number of piperidine rings is 1. The monoisotopic (exact) mass is 435 g/mol. The van der Waals surface area contributed by atoms with Crippen molar-refractivity contribution < 1.29 is 4.74 Å². The molecule has 1 aliphatic carbocycles. The van der Waals surface area contributed by atoms with Crippen molar-refractivity contribution >= 4 is 17.3 Å². The van der Waals surface area contributed by atoms with Crippen LogP contribution >= 0.6 is 11.3 Å². The minimum Gasteiger partial charge on any atom is -0.378 e. The Labute approximate surface area is 186 Å². The summed E-state index contributed by atoms with van der Waals surface area (Å²) >= 11 is 1.75. The summed E-state index contributed by atoms with van der Waals surface area (Å²) < 4.78 is 6.03. The van der Waals surface area contributed by atoms with Gasteiger partial charge in [0.05, 0.1) is 16.8 Å². The molecule has 0 aromatic carbocycles. The molecule has 0 bridgehead atoms. The van der Waals surface area contributed by atoms with Crippen LogP contribution in [-0.2, 0) is 11.3 Å². The molecule has 2 N–H and O–H groups in total. The zero-order valence-corrected chi connectivity index (χ0v) is 19.8. The van der Waals surface area contributed by atoms with E-state index < -0.39 is 0 Å². The van der Waals surface area contributed by atoms with E-state index >= 15 is 0 Å². The van der Waals surface area contributed by atoms with Gasteiger partial charge >= 0.3 is 0 Å². The van der Waals surface area contributed by atoms with Crippen molar-refractivity contribution in [3.8, 4) is 0 Å². The van der Waals surface area contributed by atoms with Gasteiger partial charge in [0.15, 0.2) is 5.96 Å². The van der Waals surface area contributed by atoms with Crippen LogP contribution in [0.25, 0.3) is 0 Å². The molecule has 1 aromatic rings. The second kappa shape index (κ2) is 13.3. The molecule has 2 fully saturated rings. The molecule has 0 atom stereocenters. The molecule has 0 spiro atoms. The molecular weight excluding hydrogens is 394 g/mol. The van der Waals surface area contributed by atoms with Crippen LogP contribution in [0.5, 0.6) is 0 Å². The van der Waals surface area contributed by atoms with Crippen LogP contribution in [0.2, 0.25) is 0 Å². The van der Waals surface area contributed by atoms with Gasteiger partial charge in [-0.15, -0.1) is 11.3 Å². The molecule has 7 heteroatoms. The van der Waals surface area contributed by atoms with Crippen LogP contribution in [0, 0.1) is 12.8 Å². The first-order chi connectivity index (χ1) is 14.7. The third-order valence-corrected chi connectivity index (χ3v) is 6.95. The Kier molecular flexibility index (Phi) is 10.4. The molecule has 170 valence electrons. The first-order valence-electron chi connectivity index (χ1n) is 12.0. The van der Waals surface area contributed by atoms with Crippen molar-refractivity contribution in [1.82, 2.24) is 20.5 Å². The number of nitrogens with zero attached hydrogens (tertiary/aromatic N) is 3. The van der Waals surface area contributed by atoms with Gasteiger partial charge in [0.25, 0.3) is 0 Å². The Hall–Kier alpha value is -1.18. The summed E-state index contributed by atoms with van der Waals surface area (Å²) in [5.74, 6) is 1.64. The van der Waals surface area contributed by atoms with E-state index in [4.69, 9.17) is 9.73 Å². The molecule has 1 saturated carbocycles. The third kappa shape index (κ3) is 8.52. The predicted molar refractivity (Wildman–Crippen MR) is 126 cm³/mol. The molecule has 0 amide bonds. The average molecular weight is 436 g/mol. The van der Waals surface area contributed by atoms with Crippen molar-refractivity contribution in [2.45, 2.75) is 77.9 Å². The fraction of sp³-hybridized carbons (Fsp3) is 0.826. The maximum Gasteiger partial charge on any atom is 0.191 e. The van der Waals surface area contributed by atoms with Gasteiger partial charge in [0, 0.05) is 38.2 Å². The highest BCUT2D eigenvalue weighted by Gasteiger charge is 2.20. The number of hydrogen-bond acceptors (Lipinski definition) is 5. The second-order valence-electron chi connectivity index (χ2n) is 8.71. The fourth-order valence-electron chi connectivity index (χ4n) is 4.36. The van der Waals surface area contributed by atoms with E-state index in [1.807, 2.05) is 0 Å². The number of hydrogen-bond donors (Lipinski definition) is 2. The molecule has 30 heavy (non-hydrogen) atoms. The number of thiazole rings is 1. The molecule has 3 rings (SSSR count). The summed E-state index contributed by atoms with van der Waals surface area (Å²) in [6.45, 7) is 11.1. The van der Waals surface area contributed by atoms with Gasteiger partial charge in [-0.3, -0.25) is 9.89 Å². The molecule has 1 saturated heterocycles. The smallest absolute Gasteiger partial charge is 0.191 e. The number of guanidine groups is 1. The molecule has 2 heterocycles. The molecule has 0 unspecified atom stereocenters. The number of ether oxygens (including phenoxy) is 1. The van der Waals surface area contributed by atoms with Gasteiger partial charge in [-0.2, -0.15) is 0 Å². The van der Waals surface area contributed by atoms with E-state index in [9.17, 15) is 0 Å². The van der Waals surface area contributed by atoms with E-state index in [1.165, 1.54) is 55.6 Å². The van der Waals surface area contributed by atoms with E-state index in [2.05, 4.69) is 39.7 Å². The van der Waals surface area contributed by atoms with Gasteiger partial charge in [-0.1, -0.05) is 19.3 Å². The Bertz CT molecular complexity index is 621. The standard InChI is InChI=1S/C23H41N5OS/c1-3-24-23(25-12-7-15-29-22-8-5-4-6-9-22)26-16-20-10-13-28(14-11-20)17-21-18-30-19(2)27-21/h18,20,22H,3-17H2,1-2H3,(H2,24,25,26). The summed E-state index contributed by atoms with van der Waals surface area (Å²) in [7, 11) is 0. The molecular formula is C23H41N5OS. The highest BCUT2D eigenvalue weighted by atomic mass is 32.1. The summed E-state index contributed by atoms with van der Waals surface area (Å²) in [4.78, 5) is 12.0. The topological polar surface area (TPSA) is 61.8 Å². The van der Waals surface area contributed by atoms with E-state index in [1.54, 1.807) is 11.3 Å². The highest BCUT2D eigenvalue weighted by molar-refractivity contribution is 7.09. The maximum atomic E-state index is 6.03. The summed E-state index contributed by atoms with van der Waals surface area (Å²) in [6.07, 6.45) is 10.5. The minimum atomic E-state index is 0.506. The normalized spacial score (nSPS) is 19.9. The van der Waals surface area contributed by atoms with Crippen molar-refractivity contribution in [3.05, 3.63) is 16.1 Å². The first-order valence-corrected chi connectivity index (χ1v) is 12.9. The minimum absolute atomic E-state index is 0.506. The van der Waals surface area contributed by atoms with Crippen LogP contribution in [0.3, 0.4) is 0 Å². The third-order valence-electron chi connectivity index (χ3n) is 6.13. The van der Waals surface area contributed by atoms with E-state index in [0.717, 1.165) is 58.3 Å². The largest absolute Gasteiger partial charge is 0.378 e. The average Bonchev–Trinajstić information content (AvgIpc) is 3.18. The molecule has 1 aromatic heterocycles. The summed E-state index contributed by atoms with van der Waals surface area (Å²) in [5.41, 5.74) is 1.22. The Balaban J connectivity index is 1.30. The van der Waals surface area contributed by atoms with Gasteiger partial charge in [-0.25, -0.2) is 4.98 Å². The van der Waals surface area contributed by atoms with Gasteiger partial charge in [0.2, 0.25) is 0 Å². The predicted octanol–water partition coefficient (Wildman–Crippen LogP) is 3.96. The maximum absolute atomic E-state index is 6.03. The van der Waals surface area contributed by atoms with Crippen LogP contribution in [-0.4, -0.2) is 61.3 Å². The first kappa shape index (κ1) is 23.5. The molecule has 2 aliphatic rings. The Morgan fingerprint density at radius 3 is 2.70 bits per heavy atom. The zero-order chi connectivity index (χ0) is 21.0. The number of aliphatic imine (C=N–C) groups is 1. The number of likely N-dealkylation sites (tertiary alicyclic amines) is 1. The quantitative estimate of drug-likeness (QED) is 0.331. The van der Waals surface area contributed by atoms with Crippen molar-refractivity contribution in [1.29, 1.82) is 0 Å². The van der Waals surface area contributed by atoms with Gasteiger partial charge in [-0.05, 0) is 65.0 Å². The second-order valence-corrected chi connectivity index (χ2v) is 9.77. The zero-order valence-electron chi connectivity index (χ0n) is 19.0. The molecule has 1 aliphatic heterocycles. The summed E-state index contributed by atoms with van der Waals surface area (Å²) in [5, 5.41) is 10.2. The Morgan fingerprint density at radius 2 is 2.00 bits per heavy atom. The molecule has 6 nitrogen and oxygen atoms in total. The van der Waals surface area contributed by atoms with Crippen LogP contribution in [0.1, 0.15) is 69.0 Å². The summed E-state index contributed by atoms with van der Waals surface area (Å²) in [6, 6.07) is 0. The van der Waals surface area contributed by atoms with E-state index in [-0.39, 0.29) is 0 Å². The fourth-order valence-corrected chi connectivity index (χ4v) is 4.96. The lowest BCUT2D eigenvalue weighted by Crippen LogP contribution is -2.39. The van der Waals surface area contributed by atoms with Gasteiger partial charge < -0.3 is 15.4 Å². The SMILES string of the molecule is CCNC(=NCC1CCN(Cc2csc(C)n2)CC1)NCCCOC1CCCCC1. The lowest BCUT2D eigenvalue weighted by Gasteiger charge is -2.30. The number of rotatable bonds is 10. The number of aryl methyl sites for hydroxylation is 1. The van der Waals surface area contributed by atoms with Gasteiger partial charge in [0.1, 0.15) is 0 Å². The molecule has 0 radical (unpaired) electrons. The number of aromatic nitrogens is 1. The van der Waals surface area contributed by atoms with Crippen LogP contribution in [0.15, 0.2) is 10.4 Å².